The molecule has 1 aromatic rings. The van der Waals surface area contributed by atoms with Crippen molar-refractivity contribution in [1.82, 2.24) is 0 Å². The minimum Gasteiger partial charge on any atom is -0.496 e. The third-order valence-corrected chi connectivity index (χ3v) is 2.90. The zero-order valence-corrected chi connectivity index (χ0v) is 9.69. The number of methoxy groups -OCH3 is 1. The van der Waals surface area contributed by atoms with E-state index in [9.17, 15) is 8.78 Å². The summed E-state index contributed by atoms with van der Waals surface area (Å²) in [6.45, 7) is 0.576. The smallest absolute Gasteiger partial charge is 0.162 e. The van der Waals surface area contributed by atoms with E-state index in [4.69, 9.17) is 10.5 Å². The molecule has 0 amide bonds. The monoisotopic (exact) mass is 249 g/mol. The molecule has 5 heteroatoms. The SMILES string of the molecule is COc1cc(F)c(F)cc1C1CC1CN.Cl. The van der Waals surface area contributed by atoms with Crippen LogP contribution in [0.2, 0.25) is 0 Å². The average molecular weight is 250 g/mol. The summed E-state index contributed by atoms with van der Waals surface area (Å²) in [5.74, 6) is -0.687. The second-order valence-electron chi connectivity index (χ2n) is 3.85. The molecule has 2 N–H and O–H groups in total. The molecule has 0 spiro atoms. The number of ether oxygens (including phenoxy) is 1. The van der Waals surface area contributed by atoms with Gasteiger partial charge >= 0.3 is 0 Å². The zero-order chi connectivity index (χ0) is 11.0. The van der Waals surface area contributed by atoms with E-state index >= 15 is 0 Å². The van der Waals surface area contributed by atoms with Gasteiger partial charge in [-0.15, -0.1) is 12.4 Å². The minimum absolute atomic E-state index is 0. The van der Waals surface area contributed by atoms with E-state index < -0.39 is 11.6 Å². The van der Waals surface area contributed by atoms with Crippen LogP contribution in [-0.4, -0.2) is 13.7 Å². The van der Waals surface area contributed by atoms with Gasteiger partial charge in [-0.2, -0.15) is 0 Å². The van der Waals surface area contributed by atoms with Crippen LogP contribution in [-0.2, 0) is 0 Å². The van der Waals surface area contributed by atoms with E-state index in [0.29, 0.717) is 18.2 Å². The van der Waals surface area contributed by atoms with E-state index in [2.05, 4.69) is 0 Å². The van der Waals surface area contributed by atoms with Crippen molar-refractivity contribution >= 4 is 12.4 Å². The topological polar surface area (TPSA) is 35.2 Å². The van der Waals surface area contributed by atoms with Gasteiger partial charge in [-0.1, -0.05) is 0 Å². The van der Waals surface area contributed by atoms with Gasteiger partial charge in [0.1, 0.15) is 5.75 Å². The van der Waals surface area contributed by atoms with Crippen LogP contribution in [0, 0.1) is 17.6 Å². The van der Waals surface area contributed by atoms with Gasteiger partial charge in [-0.05, 0) is 30.9 Å². The van der Waals surface area contributed by atoms with Gasteiger partial charge in [0, 0.05) is 11.6 Å². The molecule has 0 bridgehead atoms. The predicted molar refractivity (Wildman–Crippen MR) is 60.1 cm³/mol. The fourth-order valence-corrected chi connectivity index (χ4v) is 1.90. The fourth-order valence-electron chi connectivity index (χ4n) is 1.90. The third kappa shape index (κ3) is 2.28. The van der Waals surface area contributed by atoms with E-state index in [1.54, 1.807) is 0 Å². The molecule has 1 saturated carbocycles. The molecule has 0 radical (unpaired) electrons. The molecule has 0 heterocycles. The Bertz CT molecular complexity index is 386. The molecule has 0 aliphatic heterocycles. The highest BCUT2D eigenvalue weighted by molar-refractivity contribution is 5.85. The third-order valence-electron chi connectivity index (χ3n) is 2.90. The number of benzene rings is 1. The Balaban J connectivity index is 0.00000128. The minimum atomic E-state index is -0.874. The lowest BCUT2D eigenvalue weighted by atomic mass is 10.1. The van der Waals surface area contributed by atoms with Crippen molar-refractivity contribution in [3.63, 3.8) is 0 Å². The number of nitrogens with two attached hydrogens (primary N) is 1. The summed E-state index contributed by atoms with van der Waals surface area (Å²) in [5.41, 5.74) is 6.24. The normalized spacial score (nSPS) is 22.5. The molecular formula is C11H14ClF2NO. The lowest BCUT2D eigenvalue weighted by molar-refractivity contribution is 0.400. The summed E-state index contributed by atoms with van der Waals surface area (Å²) < 4.78 is 31.0. The molecule has 1 aliphatic rings. The maximum Gasteiger partial charge on any atom is 0.162 e. The van der Waals surface area contributed by atoms with E-state index in [1.165, 1.54) is 13.2 Å². The van der Waals surface area contributed by atoms with Crippen molar-refractivity contribution in [3.8, 4) is 5.75 Å². The molecule has 2 rings (SSSR count). The Kier molecular flexibility index (Phi) is 4.10. The molecule has 2 unspecified atom stereocenters. The van der Waals surface area contributed by atoms with Crippen molar-refractivity contribution in [3.05, 3.63) is 29.3 Å². The van der Waals surface area contributed by atoms with Crippen LogP contribution in [0.15, 0.2) is 12.1 Å². The van der Waals surface area contributed by atoms with Gasteiger partial charge < -0.3 is 10.5 Å². The molecule has 90 valence electrons. The molecule has 1 aromatic carbocycles. The van der Waals surface area contributed by atoms with Crippen LogP contribution in [0.3, 0.4) is 0 Å². The van der Waals surface area contributed by atoms with Crippen LogP contribution in [0.5, 0.6) is 5.75 Å². The van der Waals surface area contributed by atoms with Crippen LogP contribution < -0.4 is 10.5 Å². The van der Waals surface area contributed by atoms with Crippen molar-refractivity contribution < 1.29 is 13.5 Å². The predicted octanol–water partition coefficient (Wildman–Crippen LogP) is 2.46. The molecule has 2 atom stereocenters. The zero-order valence-electron chi connectivity index (χ0n) is 8.87. The van der Waals surface area contributed by atoms with Crippen molar-refractivity contribution in [2.45, 2.75) is 12.3 Å². The van der Waals surface area contributed by atoms with Crippen LogP contribution in [0.25, 0.3) is 0 Å². The Morgan fingerprint density at radius 2 is 2.00 bits per heavy atom. The summed E-state index contributed by atoms with van der Waals surface area (Å²) in [6.07, 6.45) is 0.929. The van der Waals surface area contributed by atoms with Crippen molar-refractivity contribution in [2.75, 3.05) is 13.7 Å². The summed E-state index contributed by atoms with van der Waals surface area (Å²) >= 11 is 0. The standard InChI is InChI=1S/C11H13F2NO.ClH/c1-15-11-4-10(13)9(12)3-8(11)7-2-6(7)5-14;/h3-4,6-7H,2,5,14H2,1H3;1H. The first-order valence-electron chi connectivity index (χ1n) is 4.90. The first-order chi connectivity index (χ1) is 7.17. The van der Waals surface area contributed by atoms with Gasteiger partial charge in [-0.25, -0.2) is 8.78 Å². The molecule has 2 nitrogen and oxygen atoms in total. The molecule has 16 heavy (non-hydrogen) atoms. The first kappa shape index (κ1) is 13.2. The van der Waals surface area contributed by atoms with Gasteiger partial charge in [0.25, 0.3) is 0 Å². The van der Waals surface area contributed by atoms with Crippen LogP contribution in [0.1, 0.15) is 17.9 Å². The lowest BCUT2D eigenvalue weighted by Gasteiger charge is -2.08. The number of rotatable bonds is 3. The Morgan fingerprint density at radius 3 is 2.50 bits per heavy atom. The Hall–Kier alpha value is -0.870. The maximum atomic E-state index is 13.1. The quantitative estimate of drug-likeness (QED) is 0.893. The van der Waals surface area contributed by atoms with Crippen LogP contribution in [0.4, 0.5) is 8.78 Å². The second kappa shape index (κ2) is 4.97. The highest BCUT2D eigenvalue weighted by Crippen LogP contribution is 2.49. The number of hydrogen-bond acceptors (Lipinski definition) is 2. The van der Waals surface area contributed by atoms with Gasteiger partial charge in [0.2, 0.25) is 0 Å². The molecule has 0 aromatic heterocycles. The average Bonchev–Trinajstić information content (AvgIpc) is 3.00. The van der Waals surface area contributed by atoms with Crippen LogP contribution >= 0.6 is 12.4 Å². The Labute approximate surface area is 99.2 Å². The maximum absolute atomic E-state index is 13.1. The molecule has 0 saturated heterocycles. The first-order valence-corrected chi connectivity index (χ1v) is 4.90. The lowest BCUT2D eigenvalue weighted by Crippen LogP contribution is -2.03. The van der Waals surface area contributed by atoms with Gasteiger partial charge in [0.05, 0.1) is 7.11 Å². The summed E-state index contributed by atoms with van der Waals surface area (Å²) in [7, 11) is 1.45. The molecule has 1 fully saturated rings. The van der Waals surface area contributed by atoms with E-state index in [1.807, 2.05) is 0 Å². The number of halogens is 3. The number of hydrogen-bond donors (Lipinski definition) is 1. The van der Waals surface area contributed by atoms with Crippen molar-refractivity contribution in [2.24, 2.45) is 11.7 Å². The fraction of sp³-hybridized carbons (Fsp3) is 0.455. The van der Waals surface area contributed by atoms with E-state index in [-0.39, 0.29) is 18.3 Å². The highest BCUT2D eigenvalue weighted by atomic mass is 35.5. The summed E-state index contributed by atoms with van der Waals surface area (Å²) in [4.78, 5) is 0. The van der Waals surface area contributed by atoms with Gasteiger partial charge in [-0.3, -0.25) is 0 Å². The highest BCUT2D eigenvalue weighted by Gasteiger charge is 2.39. The van der Waals surface area contributed by atoms with E-state index in [0.717, 1.165) is 18.1 Å². The second-order valence-corrected chi connectivity index (χ2v) is 3.85. The van der Waals surface area contributed by atoms with Gasteiger partial charge in [0.15, 0.2) is 11.6 Å². The largest absolute Gasteiger partial charge is 0.496 e. The molecule has 1 aliphatic carbocycles. The Morgan fingerprint density at radius 1 is 1.38 bits per heavy atom. The summed E-state index contributed by atoms with van der Waals surface area (Å²) in [5, 5.41) is 0. The summed E-state index contributed by atoms with van der Waals surface area (Å²) in [6, 6.07) is 2.31. The molecular weight excluding hydrogens is 236 g/mol. The van der Waals surface area contributed by atoms with Crippen molar-refractivity contribution in [1.29, 1.82) is 0 Å².